The Bertz CT molecular complexity index is 574. The molecule has 1 fully saturated rings. The lowest BCUT2D eigenvalue weighted by Gasteiger charge is -2.40. The number of anilines is 1. The number of pyridine rings is 1. The topological polar surface area (TPSA) is 79.3 Å². The molecule has 2 unspecified atom stereocenters. The van der Waals surface area contributed by atoms with E-state index in [9.17, 15) is 13.5 Å². The largest absolute Gasteiger partial charge is 0.394 e. The number of nitrogens with zero attached hydrogens (tertiary/aromatic N) is 1. The number of aliphatic hydroxyl groups excluding tert-OH is 1. The summed E-state index contributed by atoms with van der Waals surface area (Å²) < 4.78 is 23.6. The summed E-state index contributed by atoms with van der Waals surface area (Å²) in [5.41, 5.74) is -0.467. The van der Waals surface area contributed by atoms with Gasteiger partial charge in [-0.1, -0.05) is 19.8 Å². The monoisotopic (exact) mass is 298 g/mol. The van der Waals surface area contributed by atoms with Gasteiger partial charge in [0.25, 0.3) is 0 Å². The SMILES string of the molecule is CC1CCCC(CO)(Nc2ncccc2S(C)(=O)=O)C1. The van der Waals surface area contributed by atoms with Crippen molar-refractivity contribution in [3.63, 3.8) is 0 Å². The molecule has 0 saturated heterocycles. The van der Waals surface area contributed by atoms with Crippen LogP contribution in [-0.2, 0) is 9.84 Å². The first-order valence-electron chi connectivity index (χ1n) is 6.90. The minimum absolute atomic E-state index is 0.0167. The van der Waals surface area contributed by atoms with Gasteiger partial charge in [0.1, 0.15) is 10.7 Å². The second kappa shape index (κ2) is 5.69. The van der Waals surface area contributed by atoms with Crippen LogP contribution in [0.25, 0.3) is 0 Å². The standard InChI is InChI=1S/C14H22N2O3S/c1-11-5-3-7-14(9-11,10-17)16-13-12(20(2,18)19)6-4-8-15-13/h4,6,8,11,17H,3,5,7,9-10H2,1-2H3,(H,15,16). The fourth-order valence-electron chi connectivity index (χ4n) is 2.99. The molecule has 0 aliphatic heterocycles. The van der Waals surface area contributed by atoms with Crippen LogP contribution in [0.3, 0.4) is 0 Å². The summed E-state index contributed by atoms with van der Waals surface area (Å²) in [6, 6.07) is 3.15. The van der Waals surface area contributed by atoms with Crippen molar-refractivity contribution >= 4 is 15.7 Å². The van der Waals surface area contributed by atoms with E-state index in [2.05, 4.69) is 17.2 Å². The molecule has 1 heterocycles. The summed E-state index contributed by atoms with van der Waals surface area (Å²) >= 11 is 0. The van der Waals surface area contributed by atoms with Crippen LogP contribution in [0.15, 0.2) is 23.2 Å². The predicted octanol–water partition coefficient (Wildman–Crippen LogP) is 1.84. The number of hydrogen-bond acceptors (Lipinski definition) is 5. The lowest BCUT2D eigenvalue weighted by Crippen LogP contribution is -2.46. The molecule has 0 amide bonds. The molecular weight excluding hydrogens is 276 g/mol. The quantitative estimate of drug-likeness (QED) is 0.886. The molecule has 5 nitrogen and oxygen atoms in total. The maximum absolute atomic E-state index is 11.8. The summed E-state index contributed by atoms with van der Waals surface area (Å²) in [6.45, 7) is 2.14. The maximum Gasteiger partial charge on any atom is 0.179 e. The number of sulfone groups is 1. The molecule has 1 aliphatic rings. The lowest BCUT2D eigenvalue weighted by molar-refractivity contribution is 0.149. The number of aromatic nitrogens is 1. The molecule has 1 aromatic heterocycles. The molecule has 1 aliphatic carbocycles. The van der Waals surface area contributed by atoms with E-state index in [1.54, 1.807) is 18.3 Å². The van der Waals surface area contributed by atoms with E-state index in [1.165, 1.54) is 6.26 Å². The van der Waals surface area contributed by atoms with E-state index in [-0.39, 0.29) is 11.5 Å². The molecule has 0 aromatic carbocycles. The molecule has 1 aromatic rings. The van der Waals surface area contributed by atoms with Gasteiger partial charge in [0.15, 0.2) is 9.84 Å². The zero-order valence-electron chi connectivity index (χ0n) is 12.0. The molecule has 2 rings (SSSR count). The van der Waals surface area contributed by atoms with Crippen molar-refractivity contribution in [2.75, 3.05) is 18.2 Å². The van der Waals surface area contributed by atoms with Crippen molar-refractivity contribution in [2.45, 2.75) is 43.0 Å². The van der Waals surface area contributed by atoms with Gasteiger partial charge in [-0.3, -0.25) is 0 Å². The summed E-state index contributed by atoms with van der Waals surface area (Å²) in [5, 5.41) is 13.0. The van der Waals surface area contributed by atoms with Crippen LogP contribution >= 0.6 is 0 Å². The fourth-order valence-corrected chi connectivity index (χ4v) is 3.77. The van der Waals surface area contributed by atoms with Crippen LogP contribution in [0.5, 0.6) is 0 Å². The van der Waals surface area contributed by atoms with Gasteiger partial charge < -0.3 is 10.4 Å². The Morgan fingerprint density at radius 2 is 2.30 bits per heavy atom. The molecule has 0 radical (unpaired) electrons. The molecule has 20 heavy (non-hydrogen) atoms. The third-order valence-corrected chi connectivity index (χ3v) is 5.08. The third-order valence-electron chi connectivity index (χ3n) is 3.95. The first kappa shape index (κ1) is 15.3. The number of rotatable bonds is 4. The Labute approximate surface area is 120 Å². The van der Waals surface area contributed by atoms with Gasteiger partial charge in [0.2, 0.25) is 0 Å². The lowest BCUT2D eigenvalue weighted by atomic mass is 9.77. The van der Waals surface area contributed by atoms with Crippen LogP contribution in [0, 0.1) is 5.92 Å². The Balaban J connectivity index is 2.33. The van der Waals surface area contributed by atoms with Gasteiger partial charge in [-0.05, 0) is 30.9 Å². The second-order valence-electron chi connectivity index (χ2n) is 5.89. The third kappa shape index (κ3) is 3.30. The summed E-state index contributed by atoms with van der Waals surface area (Å²) in [5.74, 6) is 0.854. The first-order chi connectivity index (χ1) is 9.36. The van der Waals surface area contributed by atoms with Gasteiger partial charge >= 0.3 is 0 Å². The predicted molar refractivity (Wildman–Crippen MR) is 78.4 cm³/mol. The highest BCUT2D eigenvalue weighted by Crippen LogP contribution is 2.35. The zero-order valence-corrected chi connectivity index (χ0v) is 12.8. The average molecular weight is 298 g/mol. The summed E-state index contributed by atoms with van der Waals surface area (Å²) in [7, 11) is -3.34. The summed E-state index contributed by atoms with van der Waals surface area (Å²) in [4.78, 5) is 4.34. The van der Waals surface area contributed by atoms with Gasteiger partial charge in [-0.15, -0.1) is 0 Å². The molecule has 2 atom stereocenters. The molecule has 0 spiro atoms. The highest BCUT2D eigenvalue weighted by molar-refractivity contribution is 7.90. The van der Waals surface area contributed by atoms with Gasteiger partial charge in [0.05, 0.1) is 12.1 Å². The van der Waals surface area contributed by atoms with Crippen LogP contribution in [0.1, 0.15) is 32.6 Å². The average Bonchev–Trinajstić information content (AvgIpc) is 2.38. The van der Waals surface area contributed by atoms with Gasteiger partial charge in [-0.25, -0.2) is 13.4 Å². The highest BCUT2D eigenvalue weighted by Gasteiger charge is 2.35. The van der Waals surface area contributed by atoms with Crippen LogP contribution < -0.4 is 5.32 Å². The van der Waals surface area contributed by atoms with E-state index in [0.29, 0.717) is 11.7 Å². The molecule has 6 heteroatoms. The van der Waals surface area contributed by atoms with Crippen LogP contribution in [0.2, 0.25) is 0 Å². The molecule has 0 bridgehead atoms. The smallest absolute Gasteiger partial charge is 0.179 e. The minimum atomic E-state index is -3.34. The molecule has 112 valence electrons. The van der Waals surface area contributed by atoms with Crippen molar-refractivity contribution in [1.29, 1.82) is 0 Å². The van der Waals surface area contributed by atoms with E-state index < -0.39 is 15.4 Å². The number of nitrogens with one attached hydrogen (secondary N) is 1. The van der Waals surface area contributed by atoms with Crippen molar-refractivity contribution in [3.8, 4) is 0 Å². The van der Waals surface area contributed by atoms with E-state index in [1.807, 2.05) is 0 Å². The normalized spacial score (nSPS) is 27.2. The van der Waals surface area contributed by atoms with E-state index in [4.69, 9.17) is 0 Å². The molecule has 2 N–H and O–H groups in total. The summed E-state index contributed by atoms with van der Waals surface area (Å²) in [6.07, 6.45) is 6.55. The van der Waals surface area contributed by atoms with E-state index >= 15 is 0 Å². The Kier molecular flexibility index (Phi) is 4.34. The van der Waals surface area contributed by atoms with Gasteiger partial charge in [0, 0.05) is 12.5 Å². The number of aliphatic hydroxyl groups is 1. The maximum atomic E-state index is 11.8. The van der Waals surface area contributed by atoms with Crippen molar-refractivity contribution < 1.29 is 13.5 Å². The van der Waals surface area contributed by atoms with Crippen LogP contribution in [-0.4, -0.2) is 36.9 Å². The zero-order chi connectivity index (χ0) is 14.8. The Morgan fingerprint density at radius 3 is 2.90 bits per heavy atom. The highest BCUT2D eigenvalue weighted by atomic mass is 32.2. The first-order valence-corrected chi connectivity index (χ1v) is 8.79. The second-order valence-corrected chi connectivity index (χ2v) is 7.87. The fraction of sp³-hybridized carbons (Fsp3) is 0.643. The van der Waals surface area contributed by atoms with Crippen molar-refractivity contribution in [1.82, 2.24) is 4.98 Å². The minimum Gasteiger partial charge on any atom is -0.394 e. The van der Waals surface area contributed by atoms with Crippen molar-refractivity contribution in [2.24, 2.45) is 5.92 Å². The molecular formula is C14H22N2O3S. The Morgan fingerprint density at radius 1 is 1.55 bits per heavy atom. The van der Waals surface area contributed by atoms with Gasteiger partial charge in [-0.2, -0.15) is 0 Å². The van der Waals surface area contributed by atoms with Crippen molar-refractivity contribution in [3.05, 3.63) is 18.3 Å². The number of hydrogen-bond donors (Lipinski definition) is 2. The molecule has 1 saturated carbocycles. The van der Waals surface area contributed by atoms with Crippen LogP contribution in [0.4, 0.5) is 5.82 Å². The van der Waals surface area contributed by atoms with E-state index in [0.717, 1.165) is 25.7 Å². The Hall–Kier alpha value is -1.14.